The van der Waals surface area contributed by atoms with Crippen molar-refractivity contribution in [3.63, 3.8) is 0 Å². The third kappa shape index (κ3) is 2.71. The molecule has 1 N–H and O–H groups in total. The van der Waals surface area contributed by atoms with Crippen molar-refractivity contribution in [3.8, 4) is 0 Å². The largest absolute Gasteiger partial charge is 0.511 e. The van der Waals surface area contributed by atoms with Crippen molar-refractivity contribution in [2.45, 2.75) is 84.3 Å². The minimum absolute atomic E-state index is 0.0905. The van der Waals surface area contributed by atoms with Gasteiger partial charge in [0.25, 0.3) is 5.91 Å². The summed E-state index contributed by atoms with van der Waals surface area (Å²) in [5.41, 5.74) is -1.63. The molecule has 0 aromatic carbocycles. The summed E-state index contributed by atoms with van der Waals surface area (Å²) in [6.07, 6.45) is 6.22. The van der Waals surface area contributed by atoms with Gasteiger partial charge in [0.05, 0.1) is 12.7 Å². The summed E-state index contributed by atoms with van der Waals surface area (Å²) in [7, 11) is 0. The van der Waals surface area contributed by atoms with Crippen molar-refractivity contribution in [2.24, 2.45) is 22.2 Å². The Kier molecular flexibility index (Phi) is 4.29. The van der Waals surface area contributed by atoms with Gasteiger partial charge in [-0.3, -0.25) is 14.5 Å². The molecular formula is C24H33NO6. The number of fused-ring (bicyclic) bond motifs is 1. The number of allylic oxidation sites excluding steroid dienone is 1. The van der Waals surface area contributed by atoms with Crippen LogP contribution in [0.5, 0.6) is 0 Å². The van der Waals surface area contributed by atoms with Gasteiger partial charge in [-0.15, -0.1) is 0 Å². The van der Waals surface area contributed by atoms with E-state index in [1.165, 1.54) is 19.3 Å². The molecule has 2 saturated heterocycles. The van der Waals surface area contributed by atoms with Crippen molar-refractivity contribution < 1.29 is 29.0 Å². The summed E-state index contributed by atoms with van der Waals surface area (Å²) in [5.74, 6) is -1.60. The first-order valence-corrected chi connectivity index (χ1v) is 11.6. The normalized spacial score (nSPS) is 47.2. The smallest absolute Gasteiger partial charge is 0.343 e. The number of ketones is 1. The molecular weight excluding hydrogens is 398 g/mol. The van der Waals surface area contributed by atoms with Crippen LogP contribution in [0.2, 0.25) is 0 Å². The predicted octanol–water partition coefficient (Wildman–Crippen LogP) is 3.27. The number of hydrogen-bond donors (Lipinski definition) is 1. The number of carbonyl (C=O) groups excluding carboxylic acids is 3. The Balaban J connectivity index is 1.51. The van der Waals surface area contributed by atoms with Gasteiger partial charge < -0.3 is 14.6 Å². The van der Waals surface area contributed by atoms with E-state index in [0.29, 0.717) is 12.3 Å². The molecule has 1 amide bonds. The molecule has 4 saturated carbocycles. The average molecular weight is 432 g/mol. The van der Waals surface area contributed by atoms with Crippen molar-refractivity contribution >= 4 is 17.7 Å². The Morgan fingerprint density at radius 3 is 2.39 bits per heavy atom. The van der Waals surface area contributed by atoms with Crippen LogP contribution in [0.25, 0.3) is 0 Å². The first-order chi connectivity index (χ1) is 14.5. The molecule has 31 heavy (non-hydrogen) atoms. The van der Waals surface area contributed by atoms with Crippen LogP contribution >= 0.6 is 0 Å². The Bertz CT molecular complexity index is 890. The number of nitrogens with zero attached hydrogens (tertiary/aromatic N) is 1. The summed E-state index contributed by atoms with van der Waals surface area (Å²) in [6.45, 7) is 7.89. The van der Waals surface area contributed by atoms with Crippen LogP contribution < -0.4 is 0 Å². The van der Waals surface area contributed by atoms with E-state index in [1.54, 1.807) is 13.8 Å². The molecule has 0 aromatic rings. The van der Waals surface area contributed by atoms with E-state index < -0.39 is 29.3 Å². The molecule has 6 fully saturated rings. The second kappa shape index (κ2) is 6.33. The number of hydrogen-bond acceptors (Lipinski definition) is 6. The number of Topliss-reactive ketones (excluding diaryl/α,β-unsaturated/α-hetero) is 1. The van der Waals surface area contributed by atoms with Crippen LogP contribution in [0.4, 0.5) is 0 Å². The number of carbonyl (C=O) groups is 3. The molecule has 0 radical (unpaired) electrons. The summed E-state index contributed by atoms with van der Waals surface area (Å²) in [6, 6.07) is 0. The van der Waals surface area contributed by atoms with Gasteiger partial charge in [0.1, 0.15) is 18.1 Å². The number of amides is 1. The minimum Gasteiger partial charge on any atom is -0.511 e. The second-order valence-electron chi connectivity index (χ2n) is 11.6. The van der Waals surface area contributed by atoms with Crippen LogP contribution in [-0.2, 0) is 23.9 Å². The number of aliphatic hydroxyl groups is 1. The maximum Gasteiger partial charge on any atom is 0.343 e. The third-order valence-electron chi connectivity index (χ3n) is 8.66. The van der Waals surface area contributed by atoms with Gasteiger partial charge in [-0.1, -0.05) is 13.8 Å². The monoisotopic (exact) mass is 431 g/mol. The average Bonchev–Trinajstić information content (AvgIpc) is 3.06. The molecule has 4 aliphatic carbocycles. The van der Waals surface area contributed by atoms with Crippen LogP contribution in [0.3, 0.4) is 0 Å². The molecule has 0 aromatic heterocycles. The highest BCUT2D eigenvalue weighted by molar-refractivity contribution is 6.35. The number of ether oxygens (including phenoxy) is 2. The number of aliphatic hydroxyl groups excluding tert-OH is 1. The molecule has 0 spiro atoms. The highest BCUT2D eigenvalue weighted by Gasteiger charge is 2.69. The Labute approximate surface area is 183 Å². The van der Waals surface area contributed by atoms with Gasteiger partial charge in [-0.05, 0) is 74.5 Å². The molecule has 4 atom stereocenters. The highest BCUT2D eigenvalue weighted by Crippen LogP contribution is 2.70. The fourth-order valence-corrected chi connectivity index (χ4v) is 8.77. The molecule has 7 heteroatoms. The zero-order valence-corrected chi connectivity index (χ0v) is 19.0. The summed E-state index contributed by atoms with van der Waals surface area (Å²) < 4.78 is 10.7. The van der Waals surface area contributed by atoms with Crippen molar-refractivity contribution in [1.82, 2.24) is 4.90 Å². The van der Waals surface area contributed by atoms with E-state index in [9.17, 15) is 19.5 Å². The first kappa shape index (κ1) is 21.0. The molecule has 170 valence electrons. The third-order valence-corrected chi connectivity index (χ3v) is 8.66. The lowest BCUT2D eigenvalue weighted by Gasteiger charge is -2.65. The van der Waals surface area contributed by atoms with Gasteiger partial charge in [0.15, 0.2) is 0 Å². The summed E-state index contributed by atoms with van der Waals surface area (Å²) in [4.78, 5) is 40.7. The standard InChI is InChI=1S/C24H33NO6/c1-5-30-20(29)24-14(2)31-13-25(24)19(28)17(18(24)27)16(26)9-23-8-15-6-21(3,11-23)10-22(4,7-15)12-23/h14-15,26H,5-13H2,1-4H3/b17-16-/t14-,15?,21?,22?,23?,24-/m1/s1. The SMILES string of the molecule is CCOC(=O)[C@@]12C(=O)/C(=C(/O)CC34CC5CC(C)(CC(C)(C5)C3)C4)C(=O)N1CO[C@@H]2C. The van der Waals surface area contributed by atoms with E-state index in [2.05, 4.69) is 13.8 Å². The molecule has 6 rings (SSSR count). The van der Waals surface area contributed by atoms with E-state index in [0.717, 1.165) is 24.2 Å². The zero-order chi connectivity index (χ0) is 22.4. The van der Waals surface area contributed by atoms with E-state index in [4.69, 9.17) is 9.47 Å². The molecule has 2 aliphatic heterocycles. The Morgan fingerprint density at radius 2 is 1.81 bits per heavy atom. The maximum atomic E-state index is 13.5. The predicted molar refractivity (Wildman–Crippen MR) is 111 cm³/mol. The van der Waals surface area contributed by atoms with Gasteiger partial charge in [-0.25, -0.2) is 4.79 Å². The highest BCUT2D eigenvalue weighted by atomic mass is 16.6. The van der Waals surface area contributed by atoms with Gasteiger partial charge in [0, 0.05) is 6.42 Å². The lowest BCUT2D eigenvalue weighted by Crippen LogP contribution is -2.58. The van der Waals surface area contributed by atoms with Crippen LogP contribution in [0, 0.1) is 22.2 Å². The second-order valence-corrected chi connectivity index (χ2v) is 11.6. The molecule has 7 nitrogen and oxygen atoms in total. The summed E-state index contributed by atoms with van der Waals surface area (Å²) >= 11 is 0. The fourth-order valence-electron chi connectivity index (χ4n) is 8.77. The topological polar surface area (TPSA) is 93.1 Å². The number of rotatable bonds is 4. The van der Waals surface area contributed by atoms with Crippen molar-refractivity contribution in [2.75, 3.05) is 13.3 Å². The van der Waals surface area contributed by atoms with Crippen molar-refractivity contribution in [1.29, 1.82) is 0 Å². The molecule has 4 bridgehead atoms. The van der Waals surface area contributed by atoms with Crippen LogP contribution in [-0.4, -0.2) is 52.6 Å². The zero-order valence-electron chi connectivity index (χ0n) is 19.0. The van der Waals surface area contributed by atoms with Crippen molar-refractivity contribution in [3.05, 3.63) is 11.3 Å². The summed E-state index contributed by atoms with van der Waals surface area (Å²) in [5, 5.41) is 11.2. The van der Waals surface area contributed by atoms with Gasteiger partial charge >= 0.3 is 5.97 Å². The molecule has 2 heterocycles. The van der Waals surface area contributed by atoms with Gasteiger partial charge in [0.2, 0.25) is 11.3 Å². The van der Waals surface area contributed by atoms with E-state index in [-0.39, 0.29) is 40.9 Å². The van der Waals surface area contributed by atoms with Crippen LogP contribution in [0.1, 0.15) is 72.6 Å². The first-order valence-electron chi connectivity index (χ1n) is 11.6. The molecule has 2 unspecified atom stereocenters. The fraction of sp³-hybridized carbons (Fsp3) is 0.792. The maximum absolute atomic E-state index is 13.5. The lowest BCUT2D eigenvalue weighted by atomic mass is 9.40. The number of esters is 1. The quantitative estimate of drug-likeness (QED) is 0.241. The Hall–Kier alpha value is -1.89. The minimum atomic E-state index is -1.82. The lowest BCUT2D eigenvalue weighted by molar-refractivity contribution is -0.160. The van der Waals surface area contributed by atoms with Gasteiger partial charge in [-0.2, -0.15) is 0 Å². The Morgan fingerprint density at radius 1 is 1.16 bits per heavy atom. The van der Waals surface area contributed by atoms with E-state index in [1.807, 2.05) is 0 Å². The van der Waals surface area contributed by atoms with Crippen LogP contribution in [0.15, 0.2) is 11.3 Å². The molecule has 6 aliphatic rings. The van der Waals surface area contributed by atoms with E-state index >= 15 is 0 Å².